The average molecular weight is 397 g/mol. The van der Waals surface area contributed by atoms with E-state index in [0.29, 0.717) is 23.4 Å². The van der Waals surface area contributed by atoms with Crippen LogP contribution < -0.4 is 10.6 Å². The highest BCUT2D eigenvalue weighted by Crippen LogP contribution is 2.16. The van der Waals surface area contributed by atoms with Crippen molar-refractivity contribution < 1.29 is 9.59 Å². The third-order valence-corrected chi connectivity index (χ3v) is 4.05. The number of hydrogen-bond acceptors (Lipinski definition) is 4. The number of piperazine rings is 1. The van der Waals surface area contributed by atoms with Crippen LogP contribution >= 0.6 is 24.8 Å². The molecule has 0 aliphatic carbocycles. The molecule has 1 aliphatic rings. The maximum Gasteiger partial charge on any atom is 0.257 e. The first-order valence-corrected chi connectivity index (χ1v) is 7.98. The minimum absolute atomic E-state index is 0. The normalized spacial score (nSPS) is 16.0. The van der Waals surface area contributed by atoms with Gasteiger partial charge in [-0.2, -0.15) is 0 Å². The van der Waals surface area contributed by atoms with Crippen molar-refractivity contribution in [1.29, 1.82) is 0 Å². The van der Waals surface area contributed by atoms with Gasteiger partial charge in [-0.3, -0.25) is 14.6 Å². The fraction of sp³-hybridized carbons (Fsp3) is 0.278. The van der Waals surface area contributed by atoms with Crippen LogP contribution in [-0.2, 0) is 0 Å². The number of benzene rings is 1. The molecule has 1 aliphatic heterocycles. The van der Waals surface area contributed by atoms with Gasteiger partial charge in [0.1, 0.15) is 0 Å². The summed E-state index contributed by atoms with van der Waals surface area (Å²) in [7, 11) is 0. The van der Waals surface area contributed by atoms with Gasteiger partial charge in [0.05, 0.1) is 5.56 Å². The highest BCUT2D eigenvalue weighted by molar-refractivity contribution is 6.05. The van der Waals surface area contributed by atoms with Crippen LogP contribution in [0.5, 0.6) is 0 Å². The van der Waals surface area contributed by atoms with Crippen molar-refractivity contribution in [2.75, 3.05) is 25.0 Å². The summed E-state index contributed by atoms with van der Waals surface area (Å²) in [5, 5.41) is 6.08. The molecule has 1 saturated heterocycles. The molecule has 1 fully saturated rings. The molecular formula is C18H22Cl2N4O2. The lowest BCUT2D eigenvalue weighted by atomic mass is 10.1. The number of carbonyl (C=O) groups is 2. The number of pyridine rings is 1. The van der Waals surface area contributed by atoms with Crippen LogP contribution in [-0.4, -0.2) is 47.4 Å². The molecule has 8 heteroatoms. The van der Waals surface area contributed by atoms with E-state index in [1.807, 2.05) is 11.8 Å². The van der Waals surface area contributed by atoms with Crippen molar-refractivity contribution >= 4 is 42.3 Å². The Kier molecular flexibility index (Phi) is 8.51. The molecule has 0 radical (unpaired) electrons. The second-order valence-electron chi connectivity index (χ2n) is 5.83. The first kappa shape index (κ1) is 21.9. The number of halogens is 2. The molecule has 2 amide bonds. The summed E-state index contributed by atoms with van der Waals surface area (Å²) in [6, 6.07) is 10.6. The Bertz CT molecular complexity index is 743. The van der Waals surface area contributed by atoms with E-state index >= 15 is 0 Å². The van der Waals surface area contributed by atoms with Crippen molar-refractivity contribution in [2.45, 2.75) is 13.0 Å². The maximum absolute atomic E-state index is 12.7. The Labute approximate surface area is 165 Å². The lowest BCUT2D eigenvalue weighted by Crippen LogP contribution is -2.52. The third-order valence-electron chi connectivity index (χ3n) is 4.05. The summed E-state index contributed by atoms with van der Waals surface area (Å²) in [4.78, 5) is 30.7. The van der Waals surface area contributed by atoms with E-state index in [1.54, 1.807) is 42.6 Å². The Hall–Kier alpha value is -2.15. The topological polar surface area (TPSA) is 74.3 Å². The van der Waals surface area contributed by atoms with E-state index in [2.05, 4.69) is 15.6 Å². The van der Waals surface area contributed by atoms with E-state index in [9.17, 15) is 9.59 Å². The largest absolute Gasteiger partial charge is 0.333 e. The van der Waals surface area contributed by atoms with Gasteiger partial charge in [0, 0.05) is 49.3 Å². The smallest absolute Gasteiger partial charge is 0.257 e. The Morgan fingerprint density at radius 3 is 2.65 bits per heavy atom. The van der Waals surface area contributed by atoms with Crippen molar-refractivity contribution in [3.8, 4) is 0 Å². The minimum Gasteiger partial charge on any atom is -0.333 e. The lowest BCUT2D eigenvalue weighted by Gasteiger charge is -2.34. The molecule has 0 saturated carbocycles. The van der Waals surface area contributed by atoms with Crippen LogP contribution in [0.25, 0.3) is 0 Å². The lowest BCUT2D eigenvalue weighted by molar-refractivity contribution is 0.0655. The Balaban J connectivity index is 0.00000169. The molecule has 6 nitrogen and oxygen atoms in total. The van der Waals surface area contributed by atoms with Crippen LogP contribution in [0, 0.1) is 0 Å². The monoisotopic (exact) mass is 396 g/mol. The van der Waals surface area contributed by atoms with Crippen LogP contribution in [0.1, 0.15) is 27.6 Å². The summed E-state index contributed by atoms with van der Waals surface area (Å²) in [5.41, 5.74) is 1.65. The molecule has 2 heterocycles. The van der Waals surface area contributed by atoms with E-state index in [-0.39, 0.29) is 42.7 Å². The molecule has 1 atom stereocenters. The first-order chi connectivity index (χ1) is 11.6. The number of nitrogens with one attached hydrogen (secondary N) is 2. The molecule has 0 spiro atoms. The van der Waals surface area contributed by atoms with Crippen molar-refractivity contribution in [3.63, 3.8) is 0 Å². The molecule has 2 N–H and O–H groups in total. The van der Waals surface area contributed by atoms with E-state index in [0.717, 1.165) is 13.1 Å². The molecule has 2 aromatic rings. The van der Waals surface area contributed by atoms with Crippen LogP contribution in [0.2, 0.25) is 0 Å². The van der Waals surface area contributed by atoms with Gasteiger partial charge in [0.25, 0.3) is 11.8 Å². The summed E-state index contributed by atoms with van der Waals surface area (Å²) >= 11 is 0. The number of aromatic nitrogens is 1. The minimum atomic E-state index is -0.247. The van der Waals surface area contributed by atoms with Crippen LogP contribution in [0.4, 0.5) is 5.69 Å². The number of carbonyl (C=O) groups excluding carboxylic acids is 2. The van der Waals surface area contributed by atoms with E-state index in [1.165, 1.54) is 6.20 Å². The summed E-state index contributed by atoms with van der Waals surface area (Å²) in [6.45, 7) is 4.31. The predicted octanol–water partition coefficient (Wildman–Crippen LogP) is 2.61. The molecule has 26 heavy (non-hydrogen) atoms. The molecule has 0 bridgehead atoms. The number of anilines is 1. The average Bonchev–Trinajstić information content (AvgIpc) is 2.62. The fourth-order valence-electron chi connectivity index (χ4n) is 2.74. The van der Waals surface area contributed by atoms with Gasteiger partial charge >= 0.3 is 0 Å². The molecular weight excluding hydrogens is 375 g/mol. The van der Waals surface area contributed by atoms with Gasteiger partial charge < -0.3 is 15.5 Å². The molecule has 3 rings (SSSR count). The SMILES string of the molecule is C[C@@H]1CNCCN1C(=O)c1cccc(NC(=O)c2cccnc2)c1.Cl.Cl. The van der Waals surface area contributed by atoms with Crippen molar-refractivity contribution in [1.82, 2.24) is 15.2 Å². The zero-order valence-corrected chi connectivity index (χ0v) is 16.0. The molecule has 0 unspecified atom stereocenters. The van der Waals surface area contributed by atoms with Crippen LogP contribution in [0.3, 0.4) is 0 Å². The number of nitrogens with zero attached hydrogens (tertiary/aromatic N) is 2. The Morgan fingerprint density at radius 1 is 1.19 bits per heavy atom. The van der Waals surface area contributed by atoms with Crippen LogP contribution in [0.15, 0.2) is 48.8 Å². The highest BCUT2D eigenvalue weighted by Gasteiger charge is 2.24. The maximum atomic E-state index is 12.7. The summed E-state index contributed by atoms with van der Waals surface area (Å²) in [5.74, 6) is -0.260. The fourth-order valence-corrected chi connectivity index (χ4v) is 2.74. The van der Waals surface area contributed by atoms with Gasteiger partial charge in [-0.1, -0.05) is 6.07 Å². The number of amides is 2. The standard InChI is InChI=1S/C18H20N4O2.2ClH/c1-13-11-20-8-9-22(13)18(24)14-4-2-6-16(10-14)21-17(23)15-5-3-7-19-12-15;;/h2-7,10,12-13,20H,8-9,11H2,1H3,(H,21,23);2*1H/t13-;;/m1../s1. The Morgan fingerprint density at radius 2 is 1.96 bits per heavy atom. The van der Waals surface area contributed by atoms with Crippen molar-refractivity contribution in [2.24, 2.45) is 0 Å². The molecule has 140 valence electrons. The zero-order chi connectivity index (χ0) is 16.9. The van der Waals surface area contributed by atoms with E-state index in [4.69, 9.17) is 0 Å². The summed E-state index contributed by atoms with van der Waals surface area (Å²) in [6.07, 6.45) is 3.12. The second kappa shape index (κ2) is 10.1. The highest BCUT2D eigenvalue weighted by atomic mass is 35.5. The van der Waals surface area contributed by atoms with E-state index < -0.39 is 0 Å². The second-order valence-corrected chi connectivity index (χ2v) is 5.83. The van der Waals surface area contributed by atoms with Gasteiger partial charge in [-0.25, -0.2) is 0 Å². The van der Waals surface area contributed by atoms with Gasteiger partial charge in [-0.15, -0.1) is 24.8 Å². The van der Waals surface area contributed by atoms with Gasteiger partial charge in [0.15, 0.2) is 0 Å². The van der Waals surface area contributed by atoms with Gasteiger partial charge in [0.2, 0.25) is 0 Å². The predicted molar refractivity (Wildman–Crippen MR) is 106 cm³/mol. The number of hydrogen-bond donors (Lipinski definition) is 2. The van der Waals surface area contributed by atoms with Crippen molar-refractivity contribution in [3.05, 3.63) is 59.9 Å². The molecule has 1 aromatic heterocycles. The number of rotatable bonds is 3. The third kappa shape index (κ3) is 5.17. The van der Waals surface area contributed by atoms with Gasteiger partial charge in [-0.05, 0) is 37.3 Å². The first-order valence-electron chi connectivity index (χ1n) is 7.98. The molecule has 1 aromatic carbocycles. The quantitative estimate of drug-likeness (QED) is 0.835. The zero-order valence-electron chi connectivity index (χ0n) is 14.3. The summed E-state index contributed by atoms with van der Waals surface area (Å²) < 4.78 is 0.